The van der Waals surface area contributed by atoms with Crippen LogP contribution in [0.5, 0.6) is 0 Å². The molecule has 1 atom stereocenters. The van der Waals surface area contributed by atoms with E-state index >= 15 is 0 Å². The zero-order valence-corrected chi connectivity index (χ0v) is 14.9. The number of likely N-dealkylation sites (tertiary alicyclic amines) is 1. The molecule has 2 N–H and O–H groups in total. The third kappa shape index (κ3) is 4.27. The van der Waals surface area contributed by atoms with E-state index in [-0.39, 0.29) is 18.0 Å². The number of nitrogens with zero attached hydrogens (tertiary/aromatic N) is 3. The molecule has 1 amide bonds. The summed E-state index contributed by atoms with van der Waals surface area (Å²) in [5.74, 6) is 0.306. The lowest BCUT2D eigenvalue weighted by molar-refractivity contribution is 0.0653. The van der Waals surface area contributed by atoms with Gasteiger partial charge >= 0.3 is 0 Å². The van der Waals surface area contributed by atoms with E-state index in [1.807, 2.05) is 37.4 Å². The van der Waals surface area contributed by atoms with Crippen molar-refractivity contribution in [3.63, 3.8) is 0 Å². The van der Waals surface area contributed by atoms with Crippen molar-refractivity contribution in [3.05, 3.63) is 53.7 Å². The zero-order valence-electron chi connectivity index (χ0n) is 14.9. The Hall–Kier alpha value is -2.18. The van der Waals surface area contributed by atoms with Crippen LogP contribution in [0.15, 0.2) is 41.0 Å². The van der Waals surface area contributed by atoms with Crippen LogP contribution in [0.4, 0.5) is 0 Å². The normalized spacial score (nSPS) is 17.4. The Morgan fingerprint density at radius 2 is 2.04 bits per heavy atom. The van der Waals surface area contributed by atoms with Gasteiger partial charge in [-0.1, -0.05) is 30.3 Å². The standard InChI is InChI=1S/C19H26N4O2/c1-22-10-8-15(9-11-22)23(2)19(24)17-13-25-18(21-17)16(20)12-14-6-4-3-5-7-14/h3-7,13,15-16H,8-12,20H2,1-2H3. The third-order valence-corrected chi connectivity index (χ3v) is 4.91. The minimum absolute atomic E-state index is 0.100. The molecule has 1 aliphatic heterocycles. The number of hydrogen-bond donors (Lipinski definition) is 1. The van der Waals surface area contributed by atoms with Gasteiger partial charge in [-0.15, -0.1) is 0 Å². The second-order valence-electron chi connectivity index (χ2n) is 6.82. The molecule has 6 heteroatoms. The number of carbonyl (C=O) groups is 1. The van der Waals surface area contributed by atoms with E-state index < -0.39 is 0 Å². The van der Waals surface area contributed by atoms with Crippen molar-refractivity contribution in [2.75, 3.05) is 27.2 Å². The molecule has 1 aromatic heterocycles. The first-order valence-corrected chi connectivity index (χ1v) is 8.75. The van der Waals surface area contributed by atoms with Gasteiger partial charge in [0.1, 0.15) is 6.26 Å². The summed E-state index contributed by atoms with van der Waals surface area (Å²) in [5.41, 5.74) is 7.64. The molecule has 3 rings (SSSR count). The highest BCUT2D eigenvalue weighted by Crippen LogP contribution is 2.19. The van der Waals surface area contributed by atoms with Gasteiger partial charge in [-0.2, -0.15) is 0 Å². The van der Waals surface area contributed by atoms with Crippen LogP contribution in [0.2, 0.25) is 0 Å². The summed E-state index contributed by atoms with van der Waals surface area (Å²) >= 11 is 0. The van der Waals surface area contributed by atoms with Crippen molar-refractivity contribution in [3.8, 4) is 0 Å². The van der Waals surface area contributed by atoms with Gasteiger partial charge in [-0.05, 0) is 45.0 Å². The molecule has 0 aliphatic carbocycles. The topological polar surface area (TPSA) is 75.6 Å². The molecule has 2 heterocycles. The molecular formula is C19H26N4O2. The minimum Gasteiger partial charge on any atom is -0.446 e. The molecule has 2 aromatic rings. The Morgan fingerprint density at radius 1 is 1.36 bits per heavy atom. The predicted molar refractivity (Wildman–Crippen MR) is 96.2 cm³/mol. The average molecular weight is 342 g/mol. The van der Waals surface area contributed by atoms with Gasteiger partial charge in [0.25, 0.3) is 5.91 Å². The van der Waals surface area contributed by atoms with Crippen LogP contribution < -0.4 is 5.73 Å². The van der Waals surface area contributed by atoms with Crippen LogP contribution in [-0.4, -0.2) is 53.9 Å². The Balaban J connectivity index is 1.63. The number of aromatic nitrogens is 1. The van der Waals surface area contributed by atoms with E-state index in [1.54, 1.807) is 4.90 Å². The summed E-state index contributed by atoms with van der Waals surface area (Å²) in [4.78, 5) is 21.1. The molecule has 25 heavy (non-hydrogen) atoms. The molecule has 1 aromatic carbocycles. The smallest absolute Gasteiger partial charge is 0.275 e. The summed E-state index contributed by atoms with van der Waals surface area (Å²) in [5, 5.41) is 0. The minimum atomic E-state index is -0.363. The number of amides is 1. The Kier molecular flexibility index (Phi) is 5.50. The largest absolute Gasteiger partial charge is 0.446 e. The SMILES string of the molecule is CN1CCC(N(C)C(=O)c2coc(C(N)Cc3ccccc3)n2)CC1. The van der Waals surface area contributed by atoms with E-state index in [9.17, 15) is 4.79 Å². The maximum atomic E-state index is 12.7. The van der Waals surface area contributed by atoms with Crippen molar-refractivity contribution in [1.29, 1.82) is 0 Å². The van der Waals surface area contributed by atoms with Crippen LogP contribution in [0.1, 0.15) is 40.8 Å². The maximum absolute atomic E-state index is 12.7. The van der Waals surface area contributed by atoms with Gasteiger partial charge in [0, 0.05) is 13.1 Å². The fraction of sp³-hybridized carbons (Fsp3) is 0.474. The molecule has 6 nitrogen and oxygen atoms in total. The van der Waals surface area contributed by atoms with E-state index in [0.717, 1.165) is 31.5 Å². The lowest BCUT2D eigenvalue weighted by Gasteiger charge is -2.34. The molecule has 1 aliphatic rings. The molecule has 0 radical (unpaired) electrons. The van der Waals surface area contributed by atoms with E-state index in [0.29, 0.717) is 18.0 Å². The van der Waals surface area contributed by atoms with Crippen LogP contribution in [0, 0.1) is 0 Å². The van der Waals surface area contributed by atoms with Gasteiger partial charge in [0.2, 0.25) is 5.89 Å². The predicted octanol–water partition coefficient (Wildman–Crippen LogP) is 2.08. The number of carbonyl (C=O) groups excluding carboxylic acids is 1. The summed E-state index contributed by atoms with van der Waals surface area (Å²) < 4.78 is 5.48. The fourth-order valence-electron chi connectivity index (χ4n) is 3.24. The van der Waals surface area contributed by atoms with Crippen LogP contribution in [0.3, 0.4) is 0 Å². The number of piperidine rings is 1. The molecule has 0 bridgehead atoms. The lowest BCUT2D eigenvalue weighted by Crippen LogP contribution is -2.44. The first kappa shape index (κ1) is 17.6. The first-order chi connectivity index (χ1) is 12.0. The Morgan fingerprint density at radius 3 is 2.72 bits per heavy atom. The van der Waals surface area contributed by atoms with Gasteiger partial charge in [-0.3, -0.25) is 4.79 Å². The molecule has 134 valence electrons. The highest BCUT2D eigenvalue weighted by Gasteiger charge is 2.27. The Bertz CT molecular complexity index is 692. The van der Waals surface area contributed by atoms with Crippen LogP contribution in [-0.2, 0) is 6.42 Å². The number of rotatable bonds is 5. The second-order valence-corrected chi connectivity index (χ2v) is 6.82. The monoisotopic (exact) mass is 342 g/mol. The first-order valence-electron chi connectivity index (χ1n) is 8.75. The number of hydrogen-bond acceptors (Lipinski definition) is 5. The van der Waals surface area contributed by atoms with Crippen molar-refractivity contribution in [2.45, 2.75) is 31.3 Å². The molecule has 0 spiro atoms. The molecular weight excluding hydrogens is 316 g/mol. The van der Waals surface area contributed by atoms with E-state index in [1.165, 1.54) is 6.26 Å². The highest BCUT2D eigenvalue weighted by molar-refractivity contribution is 5.92. The summed E-state index contributed by atoms with van der Waals surface area (Å²) in [6.45, 7) is 2.02. The fourth-order valence-corrected chi connectivity index (χ4v) is 3.24. The Labute approximate surface area is 148 Å². The quantitative estimate of drug-likeness (QED) is 0.900. The van der Waals surface area contributed by atoms with Crippen LogP contribution in [0.25, 0.3) is 0 Å². The lowest BCUT2D eigenvalue weighted by atomic mass is 10.0. The number of oxazole rings is 1. The molecule has 1 fully saturated rings. The summed E-state index contributed by atoms with van der Waals surface area (Å²) in [7, 11) is 3.95. The molecule has 0 saturated carbocycles. The summed E-state index contributed by atoms with van der Waals surface area (Å²) in [6, 6.07) is 9.84. The second kappa shape index (κ2) is 7.80. The molecule has 1 unspecified atom stereocenters. The zero-order chi connectivity index (χ0) is 17.8. The van der Waals surface area contributed by atoms with E-state index in [4.69, 9.17) is 10.2 Å². The van der Waals surface area contributed by atoms with E-state index in [2.05, 4.69) is 16.9 Å². The number of benzene rings is 1. The summed E-state index contributed by atoms with van der Waals surface area (Å²) in [6.07, 6.45) is 4.02. The van der Waals surface area contributed by atoms with Crippen molar-refractivity contribution >= 4 is 5.91 Å². The van der Waals surface area contributed by atoms with Crippen molar-refractivity contribution < 1.29 is 9.21 Å². The van der Waals surface area contributed by atoms with Gasteiger partial charge in [0.05, 0.1) is 6.04 Å². The highest BCUT2D eigenvalue weighted by atomic mass is 16.3. The third-order valence-electron chi connectivity index (χ3n) is 4.91. The average Bonchev–Trinajstić information content (AvgIpc) is 3.12. The van der Waals surface area contributed by atoms with Crippen LogP contribution >= 0.6 is 0 Å². The van der Waals surface area contributed by atoms with Gasteiger partial charge in [-0.25, -0.2) is 4.98 Å². The van der Waals surface area contributed by atoms with Gasteiger partial charge < -0.3 is 20.0 Å². The molecule has 1 saturated heterocycles. The number of nitrogens with two attached hydrogens (primary N) is 1. The van der Waals surface area contributed by atoms with Crippen molar-refractivity contribution in [2.24, 2.45) is 5.73 Å². The van der Waals surface area contributed by atoms with Gasteiger partial charge in [0.15, 0.2) is 5.69 Å². The van der Waals surface area contributed by atoms with Crippen molar-refractivity contribution in [1.82, 2.24) is 14.8 Å². The maximum Gasteiger partial charge on any atom is 0.275 e.